The predicted molar refractivity (Wildman–Crippen MR) is 79.4 cm³/mol. The van der Waals surface area contributed by atoms with Crippen LogP contribution < -0.4 is 5.32 Å². The van der Waals surface area contributed by atoms with Gasteiger partial charge >= 0.3 is 0 Å². The largest absolute Gasteiger partial charge is 0.350 e. The summed E-state index contributed by atoms with van der Waals surface area (Å²) < 4.78 is 2.04. The third-order valence-electron chi connectivity index (χ3n) is 3.31. The Bertz CT molecular complexity index is 729. The lowest BCUT2D eigenvalue weighted by Crippen LogP contribution is -2.25. The lowest BCUT2D eigenvalue weighted by Gasteiger charge is -2.02. The molecule has 0 unspecified atom stereocenters. The van der Waals surface area contributed by atoms with E-state index in [0.29, 0.717) is 10.8 Å². The molecule has 2 heterocycles. The number of para-hydroxylation sites is 1. The van der Waals surface area contributed by atoms with E-state index >= 15 is 0 Å². The molecule has 0 radical (unpaired) electrons. The fourth-order valence-electron chi connectivity index (χ4n) is 2.27. The Morgan fingerprint density at radius 2 is 2.00 bits per heavy atom. The number of amides is 1. The third-order valence-corrected chi connectivity index (χ3v) is 3.68. The fourth-order valence-corrected chi connectivity index (χ4v) is 2.46. The second-order valence-electron chi connectivity index (χ2n) is 4.56. The highest BCUT2D eigenvalue weighted by Crippen LogP contribution is 2.23. The number of thiocarbonyl (C=S) groups is 1. The van der Waals surface area contributed by atoms with Gasteiger partial charge in [0.1, 0.15) is 5.70 Å². The molecule has 0 bridgehead atoms. The average Bonchev–Trinajstić information content (AvgIpc) is 2.84. The number of hydrogen-bond donors (Lipinski definition) is 1. The summed E-state index contributed by atoms with van der Waals surface area (Å²) in [5, 5.41) is 4.49. The van der Waals surface area contributed by atoms with Gasteiger partial charge in [-0.2, -0.15) is 0 Å². The molecule has 19 heavy (non-hydrogen) atoms. The lowest BCUT2D eigenvalue weighted by atomic mass is 10.1. The number of carbonyl (C=O) groups is 1. The predicted octanol–water partition coefficient (Wildman–Crippen LogP) is 1.87. The van der Waals surface area contributed by atoms with Gasteiger partial charge in [0.15, 0.2) is 5.11 Å². The van der Waals surface area contributed by atoms with Crippen LogP contribution in [0.1, 0.15) is 5.56 Å². The third kappa shape index (κ3) is 1.82. The first kappa shape index (κ1) is 11.9. The number of hydrogen-bond acceptors (Lipinski definition) is 2. The summed E-state index contributed by atoms with van der Waals surface area (Å²) in [6.07, 6.45) is 3.86. The quantitative estimate of drug-likeness (QED) is 0.635. The molecule has 0 atom stereocenters. The maximum absolute atomic E-state index is 12.0. The van der Waals surface area contributed by atoms with Crippen LogP contribution >= 0.6 is 12.2 Å². The molecule has 4 nitrogen and oxygen atoms in total. The number of nitrogens with one attached hydrogen (secondary N) is 1. The van der Waals surface area contributed by atoms with Crippen molar-refractivity contribution in [1.29, 1.82) is 0 Å². The summed E-state index contributed by atoms with van der Waals surface area (Å²) in [4.78, 5) is 13.4. The van der Waals surface area contributed by atoms with Crippen LogP contribution in [0.5, 0.6) is 0 Å². The van der Waals surface area contributed by atoms with Gasteiger partial charge in [-0.1, -0.05) is 18.2 Å². The Morgan fingerprint density at radius 3 is 2.68 bits per heavy atom. The minimum absolute atomic E-state index is 0.0991. The average molecular weight is 271 g/mol. The highest BCUT2D eigenvalue weighted by Gasteiger charge is 2.27. The monoisotopic (exact) mass is 271 g/mol. The van der Waals surface area contributed by atoms with Crippen LogP contribution in [0.2, 0.25) is 0 Å². The summed E-state index contributed by atoms with van der Waals surface area (Å²) >= 11 is 5.06. The van der Waals surface area contributed by atoms with Crippen molar-refractivity contribution in [1.82, 2.24) is 14.8 Å². The highest BCUT2D eigenvalue weighted by molar-refractivity contribution is 7.80. The Balaban J connectivity index is 2.12. The molecular weight excluding hydrogens is 258 g/mol. The van der Waals surface area contributed by atoms with E-state index in [0.717, 1.165) is 16.5 Å². The van der Waals surface area contributed by atoms with Crippen molar-refractivity contribution in [2.24, 2.45) is 7.05 Å². The molecule has 0 saturated carbocycles. The number of likely N-dealkylation sites (N-methyl/N-ethyl adjacent to an activating group) is 1. The summed E-state index contributed by atoms with van der Waals surface area (Å²) in [7, 11) is 3.66. The van der Waals surface area contributed by atoms with Crippen molar-refractivity contribution in [2.45, 2.75) is 0 Å². The summed E-state index contributed by atoms with van der Waals surface area (Å²) in [5.74, 6) is -0.0991. The number of rotatable bonds is 1. The van der Waals surface area contributed by atoms with E-state index in [2.05, 4.69) is 11.4 Å². The number of fused-ring (bicyclic) bond motifs is 1. The molecule has 0 spiro atoms. The molecule has 1 aromatic heterocycles. The van der Waals surface area contributed by atoms with Crippen LogP contribution in [0.3, 0.4) is 0 Å². The topological polar surface area (TPSA) is 37.3 Å². The molecule has 1 aromatic carbocycles. The zero-order valence-corrected chi connectivity index (χ0v) is 11.5. The minimum Gasteiger partial charge on any atom is -0.350 e. The first-order chi connectivity index (χ1) is 9.08. The van der Waals surface area contributed by atoms with E-state index in [1.54, 1.807) is 7.05 Å². The molecule has 0 aliphatic carbocycles. The van der Waals surface area contributed by atoms with Crippen LogP contribution in [0, 0.1) is 0 Å². The zero-order chi connectivity index (χ0) is 13.6. The van der Waals surface area contributed by atoms with E-state index in [9.17, 15) is 4.79 Å². The molecule has 3 rings (SSSR count). The number of carbonyl (C=O) groups excluding carboxylic acids is 1. The second-order valence-corrected chi connectivity index (χ2v) is 4.95. The summed E-state index contributed by atoms with van der Waals surface area (Å²) in [6.45, 7) is 0. The lowest BCUT2D eigenvalue weighted by molar-refractivity contribution is -0.121. The maximum atomic E-state index is 12.0. The van der Waals surface area contributed by atoms with E-state index in [-0.39, 0.29) is 5.91 Å². The second kappa shape index (κ2) is 4.20. The smallest absolute Gasteiger partial charge is 0.276 e. The van der Waals surface area contributed by atoms with Gasteiger partial charge in [0.05, 0.1) is 0 Å². The molecule has 1 fully saturated rings. The number of aryl methyl sites for hydroxylation is 1. The van der Waals surface area contributed by atoms with E-state index < -0.39 is 0 Å². The first-order valence-corrected chi connectivity index (χ1v) is 6.33. The van der Waals surface area contributed by atoms with Gasteiger partial charge in [0, 0.05) is 36.8 Å². The van der Waals surface area contributed by atoms with Crippen LogP contribution in [-0.4, -0.2) is 27.5 Å². The molecule has 1 N–H and O–H groups in total. The van der Waals surface area contributed by atoms with E-state index in [4.69, 9.17) is 12.2 Å². The van der Waals surface area contributed by atoms with Crippen LogP contribution in [0.15, 0.2) is 36.2 Å². The molecular formula is C14H13N3OS. The van der Waals surface area contributed by atoms with Gasteiger partial charge in [-0.15, -0.1) is 0 Å². The van der Waals surface area contributed by atoms with Crippen molar-refractivity contribution >= 4 is 40.2 Å². The maximum Gasteiger partial charge on any atom is 0.276 e. The number of nitrogens with zero attached hydrogens (tertiary/aromatic N) is 2. The molecule has 1 amide bonds. The number of aromatic nitrogens is 1. The Hall–Kier alpha value is -2.14. The molecule has 1 aliphatic rings. The van der Waals surface area contributed by atoms with Gasteiger partial charge in [-0.25, -0.2) is 0 Å². The fraction of sp³-hybridized carbons (Fsp3) is 0.143. The molecule has 1 saturated heterocycles. The standard InChI is InChI=1S/C14H13N3OS/c1-16-8-9(10-5-3-4-6-12(10)16)7-11-13(18)17(2)14(19)15-11/h3-8H,1-2H3,(H,15,19)/b11-7+. The van der Waals surface area contributed by atoms with Crippen molar-refractivity contribution in [2.75, 3.05) is 7.05 Å². The van der Waals surface area contributed by atoms with Gasteiger partial charge in [0.2, 0.25) is 0 Å². The van der Waals surface area contributed by atoms with Crippen molar-refractivity contribution in [3.05, 3.63) is 41.7 Å². The molecule has 96 valence electrons. The van der Waals surface area contributed by atoms with E-state index in [1.807, 2.05) is 42.1 Å². The van der Waals surface area contributed by atoms with Crippen LogP contribution in [0.25, 0.3) is 17.0 Å². The Kier molecular flexibility index (Phi) is 2.64. The normalized spacial score (nSPS) is 17.6. The van der Waals surface area contributed by atoms with Crippen molar-refractivity contribution in [3.63, 3.8) is 0 Å². The van der Waals surface area contributed by atoms with E-state index in [1.165, 1.54) is 4.90 Å². The molecule has 2 aromatic rings. The van der Waals surface area contributed by atoms with Crippen molar-refractivity contribution in [3.8, 4) is 0 Å². The zero-order valence-electron chi connectivity index (χ0n) is 10.7. The Labute approximate surface area is 116 Å². The van der Waals surface area contributed by atoms with Crippen LogP contribution in [-0.2, 0) is 11.8 Å². The molecule has 5 heteroatoms. The Morgan fingerprint density at radius 1 is 1.26 bits per heavy atom. The first-order valence-electron chi connectivity index (χ1n) is 5.93. The van der Waals surface area contributed by atoms with Gasteiger partial charge in [0.25, 0.3) is 5.91 Å². The van der Waals surface area contributed by atoms with Gasteiger partial charge < -0.3 is 9.88 Å². The summed E-state index contributed by atoms with van der Waals surface area (Å²) in [6, 6.07) is 8.09. The molecule has 1 aliphatic heterocycles. The minimum atomic E-state index is -0.0991. The van der Waals surface area contributed by atoms with Gasteiger partial charge in [-0.05, 0) is 24.4 Å². The van der Waals surface area contributed by atoms with Crippen LogP contribution in [0.4, 0.5) is 0 Å². The number of benzene rings is 1. The summed E-state index contributed by atoms with van der Waals surface area (Å²) in [5.41, 5.74) is 2.66. The van der Waals surface area contributed by atoms with Crippen molar-refractivity contribution < 1.29 is 4.79 Å². The van der Waals surface area contributed by atoms with Gasteiger partial charge in [-0.3, -0.25) is 9.69 Å². The highest BCUT2D eigenvalue weighted by atomic mass is 32.1. The SMILES string of the molecule is CN1C(=O)/C(=C\c2cn(C)c3ccccc23)NC1=S.